The van der Waals surface area contributed by atoms with Crippen molar-refractivity contribution in [1.29, 1.82) is 0 Å². The van der Waals surface area contributed by atoms with Gasteiger partial charge in [0.2, 0.25) is 0 Å². The molecule has 19 heavy (non-hydrogen) atoms. The third kappa shape index (κ3) is 3.88. The number of halogens is 4. The van der Waals surface area contributed by atoms with Crippen LogP contribution in [0.3, 0.4) is 0 Å². The number of benzene rings is 2. The molecule has 0 nitrogen and oxygen atoms in total. The lowest BCUT2D eigenvalue weighted by molar-refractivity contribution is 0.948. The Morgan fingerprint density at radius 2 is 1.68 bits per heavy atom. The second-order valence-corrected chi connectivity index (χ2v) is 6.77. The van der Waals surface area contributed by atoms with E-state index in [-0.39, 0.29) is 4.83 Å². The Labute approximate surface area is 136 Å². The Morgan fingerprint density at radius 3 is 2.32 bits per heavy atom. The molecule has 0 aromatic heterocycles. The Bertz CT molecular complexity index is 596. The summed E-state index contributed by atoms with van der Waals surface area (Å²) >= 11 is 21.9. The zero-order valence-corrected chi connectivity index (χ0v) is 14.1. The quantitative estimate of drug-likeness (QED) is 0.526. The lowest BCUT2D eigenvalue weighted by Gasteiger charge is -2.13. The molecule has 0 amide bonds. The molecule has 2 rings (SSSR count). The first-order valence-corrected chi connectivity index (χ1v) is 7.86. The van der Waals surface area contributed by atoms with Crippen molar-refractivity contribution in [3.8, 4) is 0 Å². The first-order chi connectivity index (χ1) is 8.97. The number of rotatable bonds is 3. The van der Waals surface area contributed by atoms with Crippen molar-refractivity contribution < 1.29 is 0 Å². The van der Waals surface area contributed by atoms with E-state index >= 15 is 0 Å². The van der Waals surface area contributed by atoms with Gasteiger partial charge < -0.3 is 0 Å². The highest BCUT2D eigenvalue weighted by Gasteiger charge is 2.13. The van der Waals surface area contributed by atoms with Crippen LogP contribution < -0.4 is 0 Å². The van der Waals surface area contributed by atoms with Crippen LogP contribution in [0.4, 0.5) is 0 Å². The van der Waals surface area contributed by atoms with E-state index in [2.05, 4.69) is 28.1 Å². The van der Waals surface area contributed by atoms with Gasteiger partial charge in [-0.2, -0.15) is 0 Å². The predicted molar refractivity (Wildman–Crippen MR) is 88.0 cm³/mol. The standard InChI is InChI=1S/C15H12BrCl3/c1-9-2-4-11(14(18)6-9)12(16)7-10-3-5-13(17)15(19)8-10/h2-6,8,12H,7H2,1H3. The van der Waals surface area contributed by atoms with Gasteiger partial charge in [-0.25, -0.2) is 0 Å². The van der Waals surface area contributed by atoms with Crippen LogP contribution in [-0.4, -0.2) is 0 Å². The smallest absolute Gasteiger partial charge is 0.0595 e. The van der Waals surface area contributed by atoms with Gasteiger partial charge in [-0.3, -0.25) is 0 Å². The summed E-state index contributed by atoms with van der Waals surface area (Å²) in [5, 5.41) is 1.93. The molecule has 100 valence electrons. The number of hydrogen-bond donors (Lipinski definition) is 0. The minimum Gasteiger partial charge on any atom is -0.0840 e. The molecular formula is C15H12BrCl3. The molecule has 2 aromatic carbocycles. The van der Waals surface area contributed by atoms with Gasteiger partial charge in [-0.1, -0.05) is 68.9 Å². The van der Waals surface area contributed by atoms with E-state index in [4.69, 9.17) is 34.8 Å². The van der Waals surface area contributed by atoms with E-state index in [1.165, 1.54) is 0 Å². The highest BCUT2D eigenvalue weighted by Crippen LogP contribution is 2.34. The number of hydrogen-bond acceptors (Lipinski definition) is 0. The fraction of sp³-hybridized carbons (Fsp3) is 0.200. The van der Waals surface area contributed by atoms with Gasteiger partial charge in [0.1, 0.15) is 0 Å². The van der Waals surface area contributed by atoms with Gasteiger partial charge in [-0.15, -0.1) is 0 Å². The SMILES string of the molecule is Cc1ccc(C(Br)Cc2ccc(Cl)c(Cl)c2)c(Cl)c1. The molecule has 1 unspecified atom stereocenters. The minimum absolute atomic E-state index is 0.151. The van der Waals surface area contributed by atoms with E-state index < -0.39 is 0 Å². The maximum absolute atomic E-state index is 6.27. The van der Waals surface area contributed by atoms with Crippen molar-refractivity contribution in [1.82, 2.24) is 0 Å². The molecule has 0 aliphatic heterocycles. The summed E-state index contributed by atoms with van der Waals surface area (Å²) in [5.41, 5.74) is 3.36. The molecule has 1 atom stereocenters. The molecule has 0 spiro atoms. The largest absolute Gasteiger partial charge is 0.0840 e. The van der Waals surface area contributed by atoms with Crippen molar-refractivity contribution in [2.24, 2.45) is 0 Å². The highest BCUT2D eigenvalue weighted by molar-refractivity contribution is 9.09. The molecule has 0 bridgehead atoms. The average Bonchev–Trinajstić information content (AvgIpc) is 2.33. The van der Waals surface area contributed by atoms with Crippen molar-refractivity contribution in [3.63, 3.8) is 0 Å². The van der Waals surface area contributed by atoms with E-state index in [9.17, 15) is 0 Å². The molecular weight excluding hydrogens is 366 g/mol. The van der Waals surface area contributed by atoms with E-state index in [0.29, 0.717) is 10.0 Å². The highest BCUT2D eigenvalue weighted by atomic mass is 79.9. The Kier molecular flexibility index (Phi) is 5.19. The summed E-state index contributed by atoms with van der Waals surface area (Å²) in [4.78, 5) is 0.151. The molecule has 4 heteroatoms. The zero-order chi connectivity index (χ0) is 14.0. The first kappa shape index (κ1) is 15.2. The molecule has 0 saturated heterocycles. The second kappa shape index (κ2) is 6.49. The van der Waals surface area contributed by atoms with Crippen molar-refractivity contribution in [2.75, 3.05) is 0 Å². The fourth-order valence-electron chi connectivity index (χ4n) is 1.87. The van der Waals surface area contributed by atoms with Crippen LogP contribution >= 0.6 is 50.7 Å². The summed E-state index contributed by atoms with van der Waals surface area (Å²) in [6, 6.07) is 11.8. The minimum atomic E-state index is 0.151. The van der Waals surface area contributed by atoms with Crippen LogP contribution in [0.2, 0.25) is 15.1 Å². The Morgan fingerprint density at radius 1 is 0.947 bits per heavy atom. The van der Waals surface area contributed by atoms with Crippen LogP contribution in [0.15, 0.2) is 36.4 Å². The normalized spacial score (nSPS) is 12.5. The number of aryl methyl sites for hydroxylation is 1. The van der Waals surface area contributed by atoms with Gasteiger partial charge in [-0.05, 0) is 48.2 Å². The Balaban J connectivity index is 2.20. The molecule has 0 fully saturated rings. The number of alkyl halides is 1. The molecule has 0 N–H and O–H groups in total. The molecule has 2 aromatic rings. The summed E-state index contributed by atoms with van der Waals surface area (Å²) in [7, 11) is 0. The molecule has 0 radical (unpaired) electrons. The third-order valence-corrected chi connectivity index (χ3v) is 4.78. The molecule has 0 aliphatic rings. The van der Waals surface area contributed by atoms with E-state index in [1.807, 2.05) is 31.2 Å². The summed E-state index contributed by atoms with van der Waals surface area (Å²) in [6.07, 6.45) is 0.805. The zero-order valence-electron chi connectivity index (χ0n) is 10.3. The van der Waals surface area contributed by atoms with Gasteiger partial charge >= 0.3 is 0 Å². The van der Waals surface area contributed by atoms with Crippen LogP contribution in [0.5, 0.6) is 0 Å². The monoisotopic (exact) mass is 376 g/mol. The topological polar surface area (TPSA) is 0 Å². The van der Waals surface area contributed by atoms with Crippen LogP contribution in [0.25, 0.3) is 0 Å². The van der Waals surface area contributed by atoms with Crippen LogP contribution in [0.1, 0.15) is 21.5 Å². The fourth-order valence-corrected chi connectivity index (χ4v) is 3.46. The molecule has 0 saturated carbocycles. The van der Waals surface area contributed by atoms with Gasteiger partial charge in [0, 0.05) is 9.85 Å². The molecule has 0 aliphatic carbocycles. The average molecular weight is 379 g/mol. The van der Waals surface area contributed by atoms with Crippen LogP contribution in [0, 0.1) is 6.92 Å². The van der Waals surface area contributed by atoms with Gasteiger partial charge in [0.05, 0.1) is 10.0 Å². The third-order valence-electron chi connectivity index (χ3n) is 2.89. The summed E-state index contributed by atoms with van der Waals surface area (Å²) in [5.74, 6) is 0. The van der Waals surface area contributed by atoms with E-state index in [0.717, 1.165) is 28.1 Å². The van der Waals surface area contributed by atoms with Crippen molar-refractivity contribution in [3.05, 3.63) is 68.2 Å². The molecule has 0 heterocycles. The maximum Gasteiger partial charge on any atom is 0.0595 e. The van der Waals surface area contributed by atoms with Crippen LogP contribution in [-0.2, 0) is 6.42 Å². The van der Waals surface area contributed by atoms with Crippen molar-refractivity contribution in [2.45, 2.75) is 18.2 Å². The Hall–Kier alpha value is -0.210. The second-order valence-electron chi connectivity index (χ2n) is 4.45. The van der Waals surface area contributed by atoms with Crippen molar-refractivity contribution >= 4 is 50.7 Å². The lowest BCUT2D eigenvalue weighted by Crippen LogP contribution is -1.97. The predicted octanol–water partition coefficient (Wildman–Crippen LogP) is 6.63. The van der Waals surface area contributed by atoms with Gasteiger partial charge in [0.25, 0.3) is 0 Å². The lowest BCUT2D eigenvalue weighted by atomic mass is 10.0. The van der Waals surface area contributed by atoms with Gasteiger partial charge in [0.15, 0.2) is 0 Å². The summed E-state index contributed by atoms with van der Waals surface area (Å²) < 4.78 is 0. The maximum atomic E-state index is 6.27. The van der Waals surface area contributed by atoms with E-state index in [1.54, 1.807) is 0 Å². The first-order valence-electron chi connectivity index (χ1n) is 5.81. The summed E-state index contributed by atoms with van der Waals surface area (Å²) in [6.45, 7) is 2.03.